The van der Waals surface area contributed by atoms with E-state index < -0.39 is 0 Å². The smallest absolute Gasteiger partial charge is 0.191 e. The van der Waals surface area contributed by atoms with E-state index in [1.54, 1.807) is 13.0 Å². The molecular weight excluding hydrogens is 418 g/mol. The fourth-order valence-corrected chi connectivity index (χ4v) is 2.55. The Morgan fingerprint density at radius 2 is 2.08 bits per heavy atom. The maximum atomic E-state index is 13.3. The molecule has 1 aliphatic rings. The summed E-state index contributed by atoms with van der Waals surface area (Å²) in [7, 11) is 2.19. The van der Waals surface area contributed by atoms with Gasteiger partial charge in [-0.1, -0.05) is 12.1 Å². The number of aryl methyl sites for hydroxylation is 1. The molecule has 0 aromatic heterocycles. The highest BCUT2D eigenvalue weighted by Crippen LogP contribution is 2.26. The minimum Gasteiger partial charge on any atom is -0.357 e. The van der Waals surface area contributed by atoms with Gasteiger partial charge < -0.3 is 10.6 Å². The molecule has 0 spiro atoms. The minimum absolute atomic E-state index is 0. The van der Waals surface area contributed by atoms with Crippen molar-refractivity contribution in [1.29, 1.82) is 0 Å². The molecule has 1 unspecified atom stereocenters. The second-order valence-electron chi connectivity index (χ2n) is 6.41. The lowest BCUT2D eigenvalue weighted by Gasteiger charge is -2.25. The van der Waals surface area contributed by atoms with E-state index in [-0.39, 0.29) is 29.8 Å². The zero-order valence-corrected chi connectivity index (χ0v) is 17.4. The molecule has 2 rings (SSSR count). The maximum absolute atomic E-state index is 13.3. The number of nitrogens with zero attached hydrogens (tertiary/aromatic N) is 2. The Kier molecular flexibility index (Phi) is 8.97. The van der Waals surface area contributed by atoms with Gasteiger partial charge in [-0.2, -0.15) is 0 Å². The van der Waals surface area contributed by atoms with Crippen molar-refractivity contribution in [2.75, 3.05) is 20.1 Å². The second-order valence-corrected chi connectivity index (χ2v) is 6.41. The van der Waals surface area contributed by atoms with Gasteiger partial charge in [-0.3, -0.25) is 4.90 Å². The molecule has 4 nitrogen and oxygen atoms in total. The van der Waals surface area contributed by atoms with Gasteiger partial charge in [-0.05, 0) is 57.9 Å². The lowest BCUT2D eigenvalue weighted by atomic mass is 10.1. The van der Waals surface area contributed by atoms with Crippen molar-refractivity contribution in [2.24, 2.45) is 4.99 Å². The van der Waals surface area contributed by atoms with Crippen molar-refractivity contribution in [1.82, 2.24) is 15.5 Å². The van der Waals surface area contributed by atoms with Crippen LogP contribution in [0.15, 0.2) is 23.2 Å². The predicted octanol–water partition coefficient (Wildman–Crippen LogP) is 3.29. The lowest BCUT2D eigenvalue weighted by Crippen LogP contribution is -2.45. The molecule has 136 valence electrons. The van der Waals surface area contributed by atoms with Gasteiger partial charge in [-0.15, -0.1) is 24.0 Å². The normalized spacial score (nSPS) is 15.8. The van der Waals surface area contributed by atoms with Crippen LogP contribution in [0, 0.1) is 12.7 Å². The molecule has 24 heavy (non-hydrogen) atoms. The molecule has 1 fully saturated rings. The first-order valence-electron chi connectivity index (χ1n) is 8.50. The van der Waals surface area contributed by atoms with Crippen LogP contribution in [0.25, 0.3) is 0 Å². The zero-order valence-electron chi connectivity index (χ0n) is 15.1. The topological polar surface area (TPSA) is 39.7 Å². The van der Waals surface area contributed by atoms with E-state index in [2.05, 4.69) is 41.4 Å². The second kappa shape index (κ2) is 10.2. The van der Waals surface area contributed by atoms with Crippen LogP contribution in [-0.4, -0.2) is 43.1 Å². The molecule has 0 saturated heterocycles. The van der Waals surface area contributed by atoms with Crippen molar-refractivity contribution in [3.05, 3.63) is 35.1 Å². The number of aliphatic imine (C=N–C) groups is 1. The molecule has 0 amide bonds. The van der Waals surface area contributed by atoms with E-state index in [0.717, 1.165) is 30.7 Å². The number of rotatable bonds is 7. The Bertz CT molecular complexity index is 546. The highest BCUT2D eigenvalue weighted by molar-refractivity contribution is 14.0. The Morgan fingerprint density at radius 3 is 2.67 bits per heavy atom. The zero-order chi connectivity index (χ0) is 16.8. The van der Waals surface area contributed by atoms with Crippen LogP contribution in [0.2, 0.25) is 0 Å². The highest BCUT2D eigenvalue weighted by Gasteiger charge is 2.28. The van der Waals surface area contributed by atoms with E-state index in [1.807, 2.05) is 6.07 Å². The third-order valence-electron chi connectivity index (χ3n) is 4.37. The van der Waals surface area contributed by atoms with Gasteiger partial charge in [0.25, 0.3) is 0 Å². The van der Waals surface area contributed by atoms with E-state index in [0.29, 0.717) is 18.2 Å². The van der Waals surface area contributed by atoms with Crippen molar-refractivity contribution >= 4 is 29.9 Å². The summed E-state index contributed by atoms with van der Waals surface area (Å²) in [6.45, 7) is 8.30. The number of hydrogen-bond acceptors (Lipinski definition) is 2. The third-order valence-corrected chi connectivity index (χ3v) is 4.37. The number of benzene rings is 1. The summed E-state index contributed by atoms with van der Waals surface area (Å²) in [5, 5.41) is 6.67. The molecule has 0 heterocycles. The highest BCUT2D eigenvalue weighted by atomic mass is 127. The quantitative estimate of drug-likeness (QED) is 0.382. The summed E-state index contributed by atoms with van der Waals surface area (Å²) >= 11 is 0. The Balaban J connectivity index is 0.00000288. The monoisotopic (exact) mass is 448 g/mol. The predicted molar refractivity (Wildman–Crippen MR) is 110 cm³/mol. The SMILES string of the molecule is CCNC(=NCc1ccc(F)c(C)c1)NCC(C)N(C)C1CC1.I. The van der Waals surface area contributed by atoms with Gasteiger partial charge in [0.15, 0.2) is 5.96 Å². The summed E-state index contributed by atoms with van der Waals surface area (Å²) in [6.07, 6.45) is 2.64. The Morgan fingerprint density at radius 1 is 1.38 bits per heavy atom. The molecule has 1 aromatic rings. The minimum atomic E-state index is -0.167. The molecule has 1 saturated carbocycles. The standard InChI is InChI=1S/C18H29FN4.HI/c1-5-20-18(21-11-14(3)23(4)16-7-8-16)22-12-15-6-9-17(19)13(2)10-15;/h6,9-10,14,16H,5,7-8,11-12H2,1-4H3,(H2,20,21,22);1H. The Hall–Kier alpha value is -0.890. The number of halogens is 2. The first-order chi connectivity index (χ1) is 11.0. The van der Waals surface area contributed by atoms with E-state index in [1.165, 1.54) is 18.9 Å². The van der Waals surface area contributed by atoms with Crippen molar-refractivity contribution in [3.8, 4) is 0 Å². The van der Waals surface area contributed by atoms with Crippen molar-refractivity contribution < 1.29 is 4.39 Å². The van der Waals surface area contributed by atoms with Crippen LogP contribution in [0.5, 0.6) is 0 Å². The molecule has 0 bridgehead atoms. The molecule has 1 aliphatic carbocycles. The van der Waals surface area contributed by atoms with Crippen LogP contribution in [0.3, 0.4) is 0 Å². The summed E-state index contributed by atoms with van der Waals surface area (Å²) in [4.78, 5) is 7.03. The van der Waals surface area contributed by atoms with Gasteiger partial charge in [0.05, 0.1) is 6.54 Å². The summed E-state index contributed by atoms with van der Waals surface area (Å²) in [6, 6.07) is 6.38. The van der Waals surface area contributed by atoms with E-state index in [4.69, 9.17) is 0 Å². The number of likely N-dealkylation sites (N-methyl/N-ethyl adjacent to an activating group) is 1. The van der Waals surface area contributed by atoms with Crippen LogP contribution in [0.4, 0.5) is 4.39 Å². The summed E-state index contributed by atoms with van der Waals surface area (Å²) in [5.41, 5.74) is 1.68. The molecule has 6 heteroatoms. The van der Waals surface area contributed by atoms with Gasteiger partial charge in [-0.25, -0.2) is 9.38 Å². The fourth-order valence-electron chi connectivity index (χ4n) is 2.55. The van der Waals surface area contributed by atoms with E-state index in [9.17, 15) is 4.39 Å². The largest absolute Gasteiger partial charge is 0.357 e. The first kappa shape index (κ1) is 21.2. The lowest BCUT2D eigenvalue weighted by molar-refractivity contribution is 0.247. The average molecular weight is 448 g/mol. The maximum Gasteiger partial charge on any atom is 0.191 e. The molecule has 0 radical (unpaired) electrons. The number of nitrogens with one attached hydrogen (secondary N) is 2. The molecular formula is C18H30FIN4. The average Bonchev–Trinajstić information content (AvgIpc) is 3.37. The molecule has 1 atom stereocenters. The molecule has 0 aliphatic heterocycles. The third kappa shape index (κ3) is 6.55. The van der Waals surface area contributed by atoms with Gasteiger partial charge in [0.2, 0.25) is 0 Å². The number of hydrogen-bond donors (Lipinski definition) is 2. The van der Waals surface area contributed by atoms with Crippen LogP contribution in [0.1, 0.15) is 37.8 Å². The van der Waals surface area contributed by atoms with Gasteiger partial charge in [0, 0.05) is 25.2 Å². The van der Waals surface area contributed by atoms with Gasteiger partial charge in [0.1, 0.15) is 5.82 Å². The molecule has 1 aromatic carbocycles. The Labute approximate surface area is 162 Å². The van der Waals surface area contributed by atoms with Gasteiger partial charge >= 0.3 is 0 Å². The fraction of sp³-hybridized carbons (Fsp3) is 0.611. The molecule has 2 N–H and O–H groups in total. The van der Waals surface area contributed by atoms with E-state index >= 15 is 0 Å². The summed E-state index contributed by atoms with van der Waals surface area (Å²) in [5.74, 6) is 0.644. The summed E-state index contributed by atoms with van der Waals surface area (Å²) < 4.78 is 13.3. The first-order valence-corrected chi connectivity index (χ1v) is 8.50. The van der Waals surface area contributed by atoms with Crippen molar-refractivity contribution in [3.63, 3.8) is 0 Å². The number of guanidine groups is 1. The van der Waals surface area contributed by atoms with Crippen LogP contribution < -0.4 is 10.6 Å². The van der Waals surface area contributed by atoms with Crippen LogP contribution >= 0.6 is 24.0 Å². The van der Waals surface area contributed by atoms with Crippen molar-refractivity contribution in [2.45, 2.75) is 52.2 Å². The van der Waals surface area contributed by atoms with Crippen LogP contribution in [-0.2, 0) is 6.54 Å².